The molecule has 0 bridgehead atoms. The molecule has 0 saturated carbocycles. The predicted octanol–water partition coefficient (Wildman–Crippen LogP) is 5.72. The number of aromatic nitrogens is 2. The summed E-state index contributed by atoms with van der Waals surface area (Å²) < 4.78 is 5.69. The van der Waals surface area contributed by atoms with Gasteiger partial charge in [0.05, 0.1) is 5.52 Å². The van der Waals surface area contributed by atoms with Crippen molar-refractivity contribution in [3.63, 3.8) is 0 Å². The highest BCUT2D eigenvalue weighted by Gasteiger charge is 2.12. The topological polar surface area (TPSA) is 78.1 Å². The van der Waals surface area contributed by atoms with Gasteiger partial charge in [-0.25, -0.2) is 4.98 Å². The largest absolute Gasteiger partial charge is 0.485 e. The molecule has 5 nitrogen and oxygen atoms in total. The third kappa shape index (κ3) is 4.46. The molecule has 5 aromatic rings. The van der Waals surface area contributed by atoms with Gasteiger partial charge in [0.2, 0.25) is 0 Å². The number of carbonyl (C=O) groups excluding carboxylic acids is 1. The molecule has 0 saturated heterocycles. The fourth-order valence-electron chi connectivity index (χ4n) is 4.22. The number of hydrogen-bond donors (Lipinski definition) is 1. The molecular formula is C29H25N3O2. The molecule has 0 aliphatic carbocycles. The number of hydrogen-bond acceptors (Lipinski definition) is 5. The first-order chi connectivity index (χ1) is 16.6. The Labute approximate surface area is 198 Å². The van der Waals surface area contributed by atoms with Crippen LogP contribution < -0.4 is 10.5 Å². The molecule has 0 atom stereocenters. The highest BCUT2D eigenvalue weighted by molar-refractivity contribution is 6.09. The van der Waals surface area contributed by atoms with E-state index in [9.17, 15) is 4.79 Å². The Bertz CT molecular complexity index is 1480. The third-order valence-electron chi connectivity index (χ3n) is 6.02. The van der Waals surface area contributed by atoms with Gasteiger partial charge in [0.15, 0.2) is 18.2 Å². The molecule has 0 amide bonds. The molecule has 2 heterocycles. The molecule has 0 spiro atoms. The Morgan fingerprint density at radius 3 is 2.53 bits per heavy atom. The normalized spacial score (nSPS) is 11.1. The van der Waals surface area contributed by atoms with Crippen LogP contribution in [0.25, 0.3) is 21.8 Å². The molecule has 0 aliphatic rings. The van der Waals surface area contributed by atoms with Gasteiger partial charge in [-0.3, -0.25) is 9.78 Å². The lowest BCUT2D eigenvalue weighted by Gasteiger charge is -2.12. The summed E-state index contributed by atoms with van der Waals surface area (Å²) in [6.45, 7) is 2.07. The number of nitrogens with zero attached hydrogens (tertiary/aromatic N) is 2. The van der Waals surface area contributed by atoms with E-state index >= 15 is 0 Å². The Kier molecular flexibility index (Phi) is 5.91. The SMILES string of the molecule is Cc1ccc2c(c1)nc(N)c1nccc(CCc3ccc(OCC(=O)c4ccccc4)cc3)c12. The maximum absolute atomic E-state index is 12.2. The van der Waals surface area contributed by atoms with Gasteiger partial charge in [0, 0.05) is 22.5 Å². The van der Waals surface area contributed by atoms with Crippen molar-refractivity contribution < 1.29 is 9.53 Å². The minimum absolute atomic E-state index is 0.0222. The molecule has 5 heteroatoms. The summed E-state index contributed by atoms with van der Waals surface area (Å²) in [5, 5.41) is 2.15. The van der Waals surface area contributed by atoms with Gasteiger partial charge in [0.1, 0.15) is 11.3 Å². The summed E-state index contributed by atoms with van der Waals surface area (Å²) in [7, 11) is 0. The molecule has 0 fully saturated rings. The lowest BCUT2D eigenvalue weighted by molar-refractivity contribution is 0.0921. The van der Waals surface area contributed by atoms with Gasteiger partial charge in [-0.05, 0) is 60.7 Å². The summed E-state index contributed by atoms with van der Waals surface area (Å²) in [6, 6.07) is 25.4. The Morgan fingerprint density at radius 1 is 0.941 bits per heavy atom. The number of nitrogen functional groups attached to an aromatic ring is 1. The Balaban J connectivity index is 1.31. The van der Waals surface area contributed by atoms with E-state index in [4.69, 9.17) is 10.5 Å². The van der Waals surface area contributed by atoms with E-state index in [1.54, 1.807) is 18.3 Å². The number of Topliss-reactive ketones (excluding diaryl/α,β-unsaturated/α-hetero) is 1. The number of nitrogens with two attached hydrogens (primary N) is 1. The van der Waals surface area contributed by atoms with Crippen LogP contribution in [0, 0.1) is 6.92 Å². The van der Waals surface area contributed by atoms with E-state index in [1.165, 1.54) is 11.1 Å². The molecule has 5 rings (SSSR count). The maximum Gasteiger partial charge on any atom is 0.200 e. The molecule has 0 aliphatic heterocycles. The number of benzene rings is 3. The fraction of sp³-hybridized carbons (Fsp3) is 0.138. The van der Waals surface area contributed by atoms with Crippen molar-refractivity contribution in [1.82, 2.24) is 9.97 Å². The first-order valence-electron chi connectivity index (χ1n) is 11.3. The van der Waals surface area contributed by atoms with Crippen LogP contribution in [0.3, 0.4) is 0 Å². The second-order valence-corrected chi connectivity index (χ2v) is 8.43. The van der Waals surface area contributed by atoms with Gasteiger partial charge in [-0.1, -0.05) is 54.6 Å². The van der Waals surface area contributed by atoms with Crippen molar-refractivity contribution in [2.24, 2.45) is 0 Å². The van der Waals surface area contributed by atoms with E-state index in [1.807, 2.05) is 42.5 Å². The van der Waals surface area contributed by atoms with E-state index in [0.717, 1.165) is 40.2 Å². The first kappa shape index (κ1) is 21.6. The predicted molar refractivity (Wildman–Crippen MR) is 136 cm³/mol. The average molecular weight is 448 g/mol. The smallest absolute Gasteiger partial charge is 0.200 e. The number of ketones is 1. The lowest BCUT2D eigenvalue weighted by atomic mass is 9.98. The molecule has 34 heavy (non-hydrogen) atoms. The van der Waals surface area contributed by atoms with Crippen LogP contribution >= 0.6 is 0 Å². The Morgan fingerprint density at radius 2 is 1.74 bits per heavy atom. The second-order valence-electron chi connectivity index (χ2n) is 8.43. The number of anilines is 1. The molecule has 2 aromatic heterocycles. The van der Waals surface area contributed by atoms with Crippen LogP contribution in [0.4, 0.5) is 5.82 Å². The number of ether oxygens (including phenoxy) is 1. The number of fused-ring (bicyclic) bond motifs is 3. The maximum atomic E-state index is 12.2. The van der Waals surface area contributed by atoms with Crippen molar-refractivity contribution in [1.29, 1.82) is 0 Å². The summed E-state index contributed by atoms with van der Waals surface area (Å²) in [4.78, 5) is 21.3. The van der Waals surface area contributed by atoms with Crippen LogP contribution in [0.2, 0.25) is 0 Å². The van der Waals surface area contributed by atoms with E-state index in [-0.39, 0.29) is 12.4 Å². The zero-order valence-electron chi connectivity index (χ0n) is 19.0. The van der Waals surface area contributed by atoms with Gasteiger partial charge in [0.25, 0.3) is 0 Å². The second kappa shape index (κ2) is 9.32. The molecule has 168 valence electrons. The molecule has 3 aromatic carbocycles. The zero-order valence-corrected chi connectivity index (χ0v) is 19.0. The van der Waals surface area contributed by atoms with Gasteiger partial charge in [-0.2, -0.15) is 0 Å². The zero-order chi connectivity index (χ0) is 23.5. The van der Waals surface area contributed by atoms with Crippen LogP contribution in [0.1, 0.15) is 27.0 Å². The number of pyridine rings is 2. The van der Waals surface area contributed by atoms with Crippen LogP contribution in [-0.2, 0) is 12.8 Å². The van der Waals surface area contributed by atoms with E-state index in [2.05, 4.69) is 41.2 Å². The summed E-state index contributed by atoms with van der Waals surface area (Å²) in [6.07, 6.45) is 3.51. The monoisotopic (exact) mass is 447 g/mol. The molecule has 0 radical (unpaired) electrons. The van der Waals surface area contributed by atoms with Crippen molar-refractivity contribution in [2.45, 2.75) is 19.8 Å². The van der Waals surface area contributed by atoms with Crippen molar-refractivity contribution in [3.05, 3.63) is 107 Å². The van der Waals surface area contributed by atoms with Crippen molar-refractivity contribution in [3.8, 4) is 5.75 Å². The number of carbonyl (C=O) groups is 1. The Hall–Kier alpha value is -4.25. The summed E-state index contributed by atoms with van der Waals surface area (Å²) in [5.74, 6) is 1.11. The van der Waals surface area contributed by atoms with Crippen LogP contribution in [-0.4, -0.2) is 22.4 Å². The minimum atomic E-state index is -0.0366. The number of rotatable bonds is 7. The van der Waals surface area contributed by atoms with E-state index < -0.39 is 0 Å². The van der Waals surface area contributed by atoms with Gasteiger partial charge in [-0.15, -0.1) is 0 Å². The third-order valence-corrected chi connectivity index (χ3v) is 6.02. The van der Waals surface area contributed by atoms with Crippen molar-refractivity contribution in [2.75, 3.05) is 12.3 Å². The van der Waals surface area contributed by atoms with Crippen LogP contribution in [0.15, 0.2) is 85.1 Å². The summed E-state index contributed by atoms with van der Waals surface area (Å²) in [5.41, 5.74) is 12.1. The molecule has 2 N–H and O–H groups in total. The lowest BCUT2D eigenvalue weighted by Crippen LogP contribution is -2.11. The standard InChI is InChI=1S/C29H25N3O2/c1-19-7-14-24-25(17-19)32-29(30)28-27(24)22(15-16-31-28)11-8-20-9-12-23(13-10-20)34-18-26(33)21-5-3-2-4-6-21/h2-7,9-10,12-17H,8,11,18H2,1H3,(H2,30,32). The van der Waals surface area contributed by atoms with Crippen molar-refractivity contribution >= 4 is 33.4 Å². The fourth-order valence-corrected chi connectivity index (χ4v) is 4.22. The highest BCUT2D eigenvalue weighted by Crippen LogP contribution is 2.30. The van der Waals surface area contributed by atoms with Gasteiger partial charge >= 0.3 is 0 Å². The summed E-state index contributed by atoms with van der Waals surface area (Å²) >= 11 is 0. The van der Waals surface area contributed by atoms with E-state index in [0.29, 0.717) is 17.1 Å². The molecule has 0 unspecified atom stereocenters. The average Bonchev–Trinajstić information content (AvgIpc) is 2.87. The first-order valence-corrected chi connectivity index (χ1v) is 11.3. The van der Waals surface area contributed by atoms with Crippen LogP contribution in [0.5, 0.6) is 5.75 Å². The number of aryl methyl sites for hydroxylation is 3. The quantitative estimate of drug-likeness (QED) is 0.255. The molecular weight excluding hydrogens is 422 g/mol. The van der Waals surface area contributed by atoms with Gasteiger partial charge < -0.3 is 10.5 Å². The highest BCUT2D eigenvalue weighted by atomic mass is 16.5. The minimum Gasteiger partial charge on any atom is -0.485 e.